The van der Waals surface area contributed by atoms with E-state index >= 15 is 0 Å². The lowest BCUT2D eigenvalue weighted by Gasteiger charge is -2.43. The number of aromatic amines is 2. The van der Waals surface area contributed by atoms with Gasteiger partial charge in [0.15, 0.2) is 5.82 Å². The van der Waals surface area contributed by atoms with Crippen LogP contribution in [0.3, 0.4) is 0 Å². The first-order valence-electron chi connectivity index (χ1n) is 11.2. The Morgan fingerprint density at radius 2 is 1.97 bits per heavy atom. The van der Waals surface area contributed by atoms with Crippen LogP contribution in [-0.4, -0.2) is 48.5 Å². The molecule has 0 radical (unpaired) electrons. The van der Waals surface area contributed by atoms with E-state index in [1.165, 1.54) is 0 Å². The van der Waals surface area contributed by atoms with E-state index < -0.39 is 0 Å². The van der Waals surface area contributed by atoms with Gasteiger partial charge in [0.1, 0.15) is 5.82 Å². The minimum absolute atomic E-state index is 0.309. The van der Waals surface area contributed by atoms with Crippen LogP contribution in [0.1, 0.15) is 44.2 Å². The SMILES string of the molecule is Cc1cc(Nc2cc(-c3cn[nH]c3)nc(NC3CC4CC(CCC#N)CC(C3)N4)n2)n[nH]1. The van der Waals surface area contributed by atoms with Crippen molar-refractivity contribution >= 4 is 17.6 Å². The van der Waals surface area contributed by atoms with Crippen LogP contribution in [0.2, 0.25) is 0 Å². The highest BCUT2D eigenvalue weighted by atomic mass is 15.2. The van der Waals surface area contributed by atoms with Crippen molar-refractivity contribution in [3.05, 3.63) is 30.2 Å². The summed E-state index contributed by atoms with van der Waals surface area (Å²) in [6.07, 6.45) is 9.58. The Kier molecular flexibility index (Phi) is 5.73. The molecule has 0 aliphatic carbocycles. The first-order valence-corrected chi connectivity index (χ1v) is 11.2. The molecule has 2 bridgehead atoms. The molecule has 166 valence electrons. The molecule has 10 nitrogen and oxygen atoms in total. The van der Waals surface area contributed by atoms with Crippen LogP contribution in [0.25, 0.3) is 11.3 Å². The third-order valence-corrected chi connectivity index (χ3v) is 6.32. The standard InChI is InChI=1S/C22H28N10/c1-13-5-21(32-31-13)29-20-10-19(15-11-24-25-12-15)28-22(30-20)27-18-8-16-6-14(3-2-4-23)7-17(9-18)26-16/h5,10-12,14,16-18,26H,2-3,6-9H2,1H3,(H,24,25)(H3,27,28,29,30,31,32). The maximum absolute atomic E-state index is 8.91. The number of fused-ring (bicyclic) bond motifs is 2. The van der Waals surface area contributed by atoms with Crippen molar-refractivity contribution in [1.82, 2.24) is 35.7 Å². The van der Waals surface area contributed by atoms with E-state index in [-0.39, 0.29) is 0 Å². The summed E-state index contributed by atoms with van der Waals surface area (Å²) in [5, 5.41) is 33.6. The molecule has 2 fully saturated rings. The molecule has 5 rings (SSSR count). The molecule has 2 unspecified atom stereocenters. The largest absolute Gasteiger partial charge is 0.351 e. The number of anilines is 3. The first-order chi connectivity index (χ1) is 15.6. The molecule has 0 aromatic carbocycles. The van der Waals surface area contributed by atoms with Crippen LogP contribution in [0.15, 0.2) is 24.5 Å². The van der Waals surface area contributed by atoms with Crippen LogP contribution in [0.5, 0.6) is 0 Å². The fourth-order valence-corrected chi connectivity index (χ4v) is 5.01. The molecule has 0 spiro atoms. The lowest BCUT2D eigenvalue weighted by atomic mass is 9.77. The van der Waals surface area contributed by atoms with Gasteiger partial charge >= 0.3 is 0 Å². The summed E-state index contributed by atoms with van der Waals surface area (Å²) < 4.78 is 0. The van der Waals surface area contributed by atoms with E-state index in [9.17, 15) is 0 Å². The van der Waals surface area contributed by atoms with Crippen LogP contribution in [-0.2, 0) is 0 Å². The number of hydrogen-bond donors (Lipinski definition) is 5. The Balaban J connectivity index is 1.32. The van der Waals surface area contributed by atoms with Crippen molar-refractivity contribution in [3.63, 3.8) is 0 Å². The van der Waals surface area contributed by atoms with Gasteiger partial charge in [-0.25, -0.2) is 4.98 Å². The molecule has 10 heteroatoms. The lowest BCUT2D eigenvalue weighted by molar-refractivity contribution is 0.171. The zero-order valence-electron chi connectivity index (χ0n) is 18.1. The highest BCUT2D eigenvalue weighted by Gasteiger charge is 2.35. The highest BCUT2D eigenvalue weighted by Crippen LogP contribution is 2.33. The Morgan fingerprint density at radius 1 is 1.12 bits per heavy atom. The van der Waals surface area contributed by atoms with Gasteiger partial charge in [-0.3, -0.25) is 10.2 Å². The topological polar surface area (TPSA) is 143 Å². The number of H-pyrrole nitrogens is 2. The number of hydrogen-bond acceptors (Lipinski definition) is 8. The van der Waals surface area contributed by atoms with Crippen LogP contribution >= 0.6 is 0 Å². The van der Waals surface area contributed by atoms with Gasteiger partial charge < -0.3 is 16.0 Å². The van der Waals surface area contributed by atoms with Gasteiger partial charge in [0.2, 0.25) is 5.95 Å². The molecular weight excluding hydrogens is 404 g/mol. The number of aryl methyl sites for hydroxylation is 1. The Bertz CT molecular complexity index is 1070. The summed E-state index contributed by atoms with van der Waals surface area (Å²) in [4.78, 5) is 9.48. The molecule has 2 atom stereocenters. The summed E-state index contributed by atoms with van der Waals surface area (Å²) in [7, 11) is 0. The monoisotopic (exact) mass is 432 g/mol. The normalized spacial score (nSPS) is 24.6. The molecule has 2 saturated heterocycles. The van der Waals surface area contributed by atoms with Crippen molar-refractivity contribution in [2.75, 3.05) is 10.6 Å². The number of nitrogens with one attached hydrogen (secondary N) is 5. The van der Waals surface area contributed by atoms with E-state index in [0.717, 1.165) is 49.1 Å². The number of rotatable bonds is 7. The minimum atomic E-state index is 0.309. The smallest absolute Gasteiger partial charge is 0.225 e. The van der Waals surface area contributed by atoms with E-state index in [1.54, 1.807) is 6.20 Å². The third-order valence-electron chi connectivity index (χ3n) is 6.32. The van der Waals surface area contributed by atoms with E-state index in [2.05, 4.69) is 42.4 Å². The quantitative estimate of drug-likeness (QED) is 0.383. The molecule has 5 N–H and O–H groups in total. The second-order valence-electron chi connectivity index (χ2n) is 8.92. The molecule has 2 aliphatic rings. The molecule has 5 heterocycles. The van der Waals surface area contributed by atoms with Gasteiger partial charge in [-0.2, -0.15) is 20.4 Å². The number of aromatic nitrogens is 6. The summed E-state index contributed by atoms with van der Waals surface area (Å²) >= 11 is 0. The molecule has 32 heavy (non-hydrogen) atoms. The van der Waals surface area contributed by atoms with Crippen LogP contribution in [0.4, 0.5) is 17.6 Å². The number of piperidine rings is 2. The highest BCUT2D eigenvalue weighted by molar-refractivity contribution is 5.65. The summed E-state index contributed by atoms with van der Waals surface area (Å²) in [5.41, 5.74) is 2.67. The van der Waals surface area contributed by atoms with Gasteiger partial charge in [0.05, 0.1) is 18.0 Å². The predicted octanol–water partition coefficient (Wildman–Crippen LogP) is 3.26. The number of nitrogens with zero attached hydrogens (tertiary/aromatic N) is 5. The fourth-order valence-electron chi connectivity index (χ4n) is 5.01. The maximum Gasteiger partial charge on any atom is 0.225 e. The van der Waals surface area contributed by atoms with Gasteiger partial charge in [-0.1, -0.05) is 0 Å². The van der Waals surface area contributed by atoms with Crippen molar-refractivity contribution in [2.45, 2.75) is 63.6 Å². The first kappa shape index (κ1) is 20.5. The van der Waals surface area contributed by atoms with E-state index in [4.69, 9.17) is 15.2 Å². The average Bonchev–Trinajstić information content (AvgIpc) is 3.43. The molecule has 3 aromatic rings. The van der Waals surface area contributed by atoms with Gasteiger partial charge in [-0.05, 0) is 44.9 Å². The zero-order chi connectivity index (χ0) is 21.9. The number of nitriles is 1. The molecule has 0 amide bonds. The van der Waals surface area contributed by atoms with E-state index in [0.29, 0.717) is 48.0 Å². The maximum atomic E-state index is 8.91. The molecule has 0 saturated carbocycles. The van der Waals surface area contributed by atoms with Gasteiger partial charge in [0, 0.05) is 54.1 Å². The van der Waals surface area contributed by atoms with Crippen molar-refractivity contribution < 1.29 is 0 Å². The van der Waals surface area contributed by atoms with Gasteiger partial charge in [0.25, 0.3) is 0 Å². The molecular formula is C22H28N10. The van der Waals surface area contributed by atoms with Crippen molar-refractivity contribution in [2.24, 2.45) is 5.92 Å². The second kappa shape index (κ2) is 8.96. The lowest BCUT2D eigenvalue weighted by Crippen LogP contribution is -2.54. The molecule has 3 aromatic heterocycles. The Labute approximate surface area is 186 Å². The van der Waals surface area contributed by atoms with Crippen LogP contribution < -0.4 is 16.0 Å². The van der Waals surface area contributed by atoms with Crippen molar-refractivity contribution in [3.8, 4) is 17.3 Å². The van der Waals surface area contributed by atoms with Gasteiger partial charge in [-0.15, -0.1) is 0 Å². The average molecular weight is 433 g/mol. The molecule has 2 aliphatic heterocycles. The third kappa shape index (κ3) is 4.73. The minimum Gasteiger partial charge on any atom is -0.351 e. The summed E-state index contributed by atoms with van der Waals surface area (Å²) in [6, 6.07) is 7.39. The Morgan fingerprint density at radius 3 is 2.66 bits per heavy atom. The fraction of sp³-hybridized carbons (Fsp3) is 0.500. The predicted molar refractivity (Wildman–Crippen MR) is 121 cm³/mol. The van der Waals surface area contributed by atoms with Crippen molar-refractivity contribution in [1.29, 1.82) is 5.26 Å². The zero-order valence-corrected chi connectivity index (χ0v) is 18.1. The summed E-state index contributed by atoms with van der Waals surface area (Å²) in [6.45, 7) is 1.96. The Hall–Kier alpha value is -3.45. The van der Waals surface area contributed by atoms with Crippen LogP contribution in [0, 0.1) is 24.2 Å². The van der Waals surface area contributed by atoms with E-state index in [1.807, 2.05) is 25.3 Å². The summed E-state index contributed by atoms with van der Waals surface area (Å²) in [5.74, 6) is 2.64. The second-order valence-corrected chi connectivity index (χ2v) is 8.92.